The number of aliphatic hydroxyl groups is 1. The van der Waals surface area contributed by atoms with Crippen LogP contribution < -0.4 is 0 Å². The van der Waals surface area contributed by atoms with E-state index in [0.717, 1.165) is 12.0 Å². The lowest BCUT2D eigenvalue weighted by Crippen LogP contribution is -2.13. The van der Waals surface area contributed by atoms with Gasteiger partial charge in [0.05, 0.1) is 11.0 Å². The highest BCUT2D eigenvalue weighted by Gasteiger charge is 2.18. The average Bonchev–Trinajstić information content (AvgIpc) is 2.17. The number of hydrogen-bond acceptors (Lipinski definition) is 3. The fourth-order valence-electron chi connectivity index (χ4n) is 1.97. The van der Waals surface area contributed by atoms with E-state index in [-0.39, 0.29) is 16.5 Å². The number of aryl methyl sites for hydroxylation is 1. The molecule has 4 nitrogen and oxygen atoms in total. The maximum atomic E-state index is 10.7. The maximum absolute atomic E-state index is 10.7. The second-order valence-electron chi connectivity index (χ2n) is 4.06. The Bertz CT molecular complexity index is 388. The predicted molar refractivity (Wildman–Crippen MR) is 62.5 cm³/mol. The molecule has 0 saturated carbocycles. The van der Waals surface area contributed by atoms with Gasteiger partial charge in [-0.3, -0.25) is 10.1 Å². The van der Waals surface area contributed by atoms with Crippen molar-refractivity contribution in [2.24, 2.45) is 0 Å². The molecule has 0 fully saturated rings. The highest BCUT2D eigenvalue weighted by atomic mass is 16.6. The molecule has 0 aliphatic heterocycles. The fourth-order valence-corrected chi connectivity index (χ4v) is 1.97. The Morgan fingerprint density at radius 2 is 2.12 bits per heavy atom. The predicted octanol–water partition coefficient (Wildman–Crippen LogP) is 2.78. The van der Waals surface area contributed by atoms with Gasteiger partial charge in [0.2, 0.25) is 0 Å². The first-order chi connectivity index (χ1) is 7.47. The van der Waals surface area contributed by atoms with Crippen molar-refractivity contribution in [2.45, 2.75) is 39.2 Å². The minimum Gasteiger partial charge on any atom is -0.393 e. The Morgan fingerprint density at radius 1 is 1.50 bits per heavy atom. The third kappa shape index (κ3) is 2.58. The second-order valence-corrected chi connectivity index (χ2v) is 4.06. The lowest BCUT2D eigenvalue weighted by Gasteiger charge is -2.18. The zero-order valence-electron chi connectivity index (χ0n) is 9.80. The van der Waals surface area contributed by atoms with Crippen LogP contribution in [0.4, 0.5) is 5.69 Å². The molecule has 16 heavy (non-hydrogen) atoms. The Labute approximate surface area is 95.1 Å². The van der Waals surface area contributed by atoms with Gasteiger partial charge in [-0.1, -0.05) is 13.0 Å². The van der Waals surface area contributed by atoms with Crippen LogP contribution in [-0.4, -0.2) is 16.1 Å². The molecule has 0 spiro atoms. The van der Waals surface area contributed by atoms with Crippen molar-refractivity contribution < 1.29 is 10.0 Å². The molecule has 88 valence electrons. The first-order valence-corrected chi connectivity index (χ1v) is 5.40. The van der Waals surface area contributed by atoms with Crippen LogP contribution in [0.15, 0.2) is 18.2 Å². The summed E-state index contributed by atoms with van der Waals surface area (Å²) in [6.07, 6.45) is 0.375. The minimum atomic E-state index is -0.439. The summed E-state index contributed by atoms with van der Waals surface area (Å²) in [5.74, 6) is 0.0412. The highest BCUT2D eigenvalue weighted by molar-refractivity contribution is 5.43. The summed E-state index contributed by atoms with van der Waals surface area (Å²) >= 11 is 0. The molecule has 0 saturated heterocycles. The van der Waals surface area contributed by atoms with Gasteiger partial charge in [-0.25, -0.2) is 0 Å². The third-order valence-electron chi connectivity index (χ3n) is 2.87. The molecular formula is C12H17NO3. The van der Waals surface area contributed by atoms with Crippen LogP contribution in [0.3, 0.4) is 0 Å². The number of nitrogens with zero attached hydrogens (tertiary/aromatic N) is 1. The van der Waals surface area contributed by atoms with Gasteiger partial charge >= 0.3 is 0 Å². The van der Waals surface area contributed by atoms with Crippen molar-refractivity contribution in [1.29, 1.82) is 0 Å². The summed E-state index contributed by atoms with van der Waals surface area (Å²) in [6, 6.07) is 5.03. The Kier molecular flexibility index (Phi) is 4.01. The van der Waals surface area contributed by atoms with Gasteiger partial charge in [-0.15, -0.1) is 0 Å². The topological polar surface area (TPSA) is 63.4 Å². The van der Waals surface area contributed by atoms with E-state index < -0.39 is 6.10 Å². The largest absolute Gasteiger partial charge is 0.393 e. The minimum absolute atomic E-state index is 0.0412. The molecule has 1 aromatic carbocycles. The number of rotatable bonds is 4. The molecule has 0 heterocycles. The van der Waals surface area contributed by atoms with Crippen LogP contribution in [0.5, 0.6) is 0 Å². The second kappa shape index (κ2) is 5.07. The van der Waals surface area contributed by atoms with E-state index in [4.69, 9.17) is 0 Å². The molecule has 1 aromatic rings. The first kappa shape index (κ1) is 12.6. The molecular weight excluding hydrogens is 206 g/mol. The van der Waals surface area contributed by atoms with Gasteiger partial charge in [0, 0.05) is 17.5 Å². The third-order valence-corrected chi connectivity index (χ3v) is 2.87. The molecule has 1 N–H and O–H groups in total. The molecule has 0 amide bonds. The van der Waals surface area contributed by atoms with Gasteiger partial charge in [-0.05, 0) is 31.9 Å². The summed E-state index contributed by atoms with van der Waals surface area (Å²) in [4.78, 5) is 10.3. The zero-order chi connectivity index (χ0) is 12.3. The monoisotopic (exact) mass is 223 g/mol. The van der Waals surface area contributed by atoms with Gasteiger partial charge in [0.15, 0.2) is 0 Å². The summed E-state index contributed by atoms with van der Waals surface area (Å²) in [5.41, 5.74) is 1.73. The summed E-state index contributed by atoms with van der Waals surface area (Å²) < 4.78 is 0. The number of benzene rings is 1. The number of nitro groups is 1. The maximum Gasteiger partial charge on any atom is 0.272 e. The van der Waals surface area contributed by atoms with Crippen LogP contribution >= 0.6 is 0 Å². The zero-order valence-corrected chi connectivity index (χ0v) is 9.80. The van der Waals surface area contributed by atoms with E-state index >= 15 is 0 Å². The van der Waals surface area contributed by atoms with Crippen molar-refractivity contribution in [3.8, 4) is 0 Å². The first-order valence-electron chi connectivity index (χ1n) is 5.40. The normalized spacial score (nSPS) is 14.5. The standard InChI is InChI=1S/C12H17NO3/c1-4-11(9(3)14)10-5-6-12(13(15)16)8(2)7-10/h5-7,9,11,14H,4H2,1-3H3. The van der Waals surface area contributed by atoms with Crippen molar-refractivity contribution in [3.63, 3.8) is 0 Å². The van der Waals surface area contributed by atoms with E-state index in [2.05, 4.69) is 0 Å². The van der Waals surface area contributed by atoms with Crippen LogP contribution in [0.2, 0.25) is 0 Å². The average molecular weight is 223 g/mol. The highest BCUT2D eigenvalue weighted by Crippen LogP contribution is 2.27. The quantitative estimate of drug-likeness (QED) is 0.630. The van der Waals surface area contributed by atoms with Crippen LogP contribution in [0.1, 0.15) is 37.3 Å². The van der Waals surface area contributed by atoms with Crippen molar-refractivity contribution in [3.05, 3.63) is 39.4 Å². The summed E-state index contributed by atoms with van der Waals surface area (Å²) in [5, 5.41) is 20.3. The summed E-state index contributed by atoms with van der Waals surface area (Å²) in [6.45, 7) is 5.45. The number of hydrogen-bond donors (Lipinski definition) is 1. The van der Waals surface area contributed by atoms with Gasteiger partial charge in [-0.2, -0.15) is 0 Å². The Hall–Kier alpha value is -1.42. The Balaban J connectivity index is 3.09. The lowest BCUT2D eigenvalue weighted by atomic mass is 9.90. The van der Waals surface area contributed by atoms with Gasteiger partial charge in [0.1, 0.15) is 0 Å². The van der Waals surface area contributed by atoms with E-state index in [0.29, 0.717) is 5.56 Å². The molecule has 2 unspecified atom stereocenters. The molecule has 4 heteroatoms. The van der Waals surface area contributed by atoms with E-state index in [1.165, 1.54) is 6.07 Å². The summed E-state index contributed by atoms with van der Waals surface area (Å²) in [7, 11) is 0. The van der Waals surface area contributed by atoms with E-state index in [1.54, 1.807) is 26.0 Å². The van der Waals surface area contributed by atoms with Crippen molar-refractivity contribution in [2.75, 3.05) is 0 Å². The van der Waals surface area contributed by atoms with Gasteiger partial charge < -0.3 is 5.11 Å². The van der Waals surface area contributed by atoms with Gasteiger partial charge in [0.25, 0.3) is 5.69 Å². The SMILES string of the molecule is CCC(c1ccc([N+](=O)[O-])c(C)c1)C(C)O. The lowest BCUT2D eigenvalue weighted by molar-refractivity contribution is -0.385. The van der Waals surface area contributed by atoms with Crippen LogP contribution in [0.25, 0.3) is 0 Å². The molecule has 0 radical (unpaired) electrons. The van der Waals surface area contributed by atoms with E-state index in [1.807, 2.05) is 6.92 Å². The van der Waals surface area contributed by atoms with Crippen molar-refractivity contribution in [1.82, 2.24) is 0 Å². The smallest absolute Gasteiger partial charge is 0.272 e. The Morgan fingerprint density at radius 3 is 2.50 bits per heavy atom. The fraction of sp³-hybridized carbons (Fsp3) is 0.500. The molecule has 0 aliphatic rings. The number of nitro benzene ring substituents is 1. The van der Waals surface area contributed by atoms with Crippen molar-refractivity contribution >= 4 is 5.69 Å². The molecule has 2 atom stereocenters. The number of aliphatic hydroxyl groups excluding tert-OH is 1. The molecule has 0 aromatic heterocycles. The molecule has 0 bridgehead atoms. The van der Waals surface area contributed by atoms with Crippen LogP contribution in [-0.2, 0) is 0 Å². The molecule has 0 aliphatic carbocycles. The molecule has 1 rings (SSSR count). The van der Waals surface area contributed by atoms with Crippen LogP contribution in [0, 0.1) is 17.0 Å². The van der Waals surface area contributed by atoms with E-state index in [9.17, 15) is 15.2 Å².